The SMILES string of the molecule is CCNC(=NCCCN1CCN(c2ccccc2)CC1)N1CCC(N2CCOCC2)C1. The lowest BCUT2D eigenvalue weighted by Gasteiger charge is -2.36. The molecule has 1 aromatic rings. The van der Waals surface area contributed by atoms with E-state index in [1.54, 1.807) is 0 Å². The van der Waals surface area contributed by atoms with Crippen LogP contribution in [0.15, 0.2) is 35.3 Å². The number of rotatable bonds is 7. The maximum atomic E-state index is 5.52. The minimum absolute atomic E-state index is 0.647. The molecular formula is C24H40N6O. The third kappa shape index (κ3) is 6.34. The van der Waals surface area contributed by atoms with Crippen LogP contribution >= 0.6 is 0 Å². The Bertz CT molecular complexity index is 670. The lowest BCUT2D eigenvalue weighted by molar-refractivity contribution is 0.0195. The summed E-state index contributed by atoms with van der Waals surface area (Å²) in [4.78, 5) is 15.1. The normalized spacial score (nSPS) is 24.0. The second-order valence-corrected chi connectivity index (χ2v) is 8.79. The summed E-state index contributed by atoms with van der Waals surface area (Å²) in [5.74, 6) is 1.10. The molecule has 1 aromatic carbocycles. The first-order valence-electron chi connectivity index (χ1n) is 12.2. The van der Waals surface area contributed by atoms with E-state index < -0.39 is 0 Å². The van der Waals surface area contributed by atoms with E-state index in [2.05, 4.69) is 62.2 Å². The van der Waals surface area contributed by atoms with Crippen LogP contribution in [-0.2, 0) is 4.74 Å². The van der Waals surface area contributed by atoms with Gasteiger partial charge in [-0.05, 0) is 31.9 Å². The summed E-state index contributed by atoms with van der Waals surface area (Å²) in [6.45, 7) is 15.8. The molecule has 7 nitrogen and oxygen atoms in total. The van der Waals surface area contributed by atoms with Crippen LogP contribution in [0.4, 0.5) is 5.69 Å². The Hall–Kier alpha value is -1.83. The van der Waals surface area contributed by atoms with Crippen LogP contribution in [0.1, 0.15) is 19.8 Å². The molecule has 3 aliphatic heterocycles. The van der Waals surface area contributed by atoms with Crippen molar-refractivity contribution in [3.05, 3.63) is 30.3 Å². The van der Waals surface area contributed by atoms with Crippen molar-refractivity contribution in [1.29, 1.82) is 0 Å². The van der Waals surface area contributed by atoms with E-state index in [1.807, 2.05) is 0 Å². The molecule has 3 fully saturated rings. The number of nitrogens with one attached hydrogen (secondary N) is 1. The minimum atomic E-state index is 0.647. The molecule has 0 radical (unpaired) electrons. The van der Waals surface area contributed by atoms with Crippen LogP contribution in [-0.4, -0.2) is 112 Å². The molecule has 3 saturated heterocycles. The Morgan fingerprint density at radius 3 is 2.55 bits per heavy atom. The summed E-state index contributed by atoms with van der Waals surface area (Å²) in [5, 5.41) is 3.52. The van der Waals surface area contributed by atoms with E-state index in [0.29, 0.717) is 6.04 Å². The van der Waals surface area contributed by atoms with Gasteiger partial charge >= 0.3 is 0 Å². The molecular weight excluding hydrogens is 388 g/mol. The number of likely N-dealkylation sites (tertiary alicyclic amines) is 1. The van der Waals surface area contributed by atoms with Crippen LogP contribution < -0.4 is 10.2 Å². The standard InChI is InChI=1S/C24H40N6O/c1-2-25-24(30-12-9-23(21-30)29-17-19-31-20-18-29)26-10-6-11-27-13-15-28(16-14-27)22-7-4-3-5-8-22/h3-5,7-8,23H,2,6,9-21H2,1H3,(H,25,26). The number of piperazine rings is 1. The van der Waals surface area contributed by atoms with Crippen molar-refractivity contribution in [2.24, 2.45) is 4.99 Å². The van der Waals surface area contributed by atoms with Crippen molar-refractivity contribution in [2.75, 3.05) is 90.1 Å². The molecule has 1 unspecified atom stereocenters. The number of anilines is 1. The van der Waals surface area contributed by atoms with Crippen molar-refractivity contribution < 1.29 is 4.74 Å². The second-order valence-electron chi connectivity index (χ2n) is 8.79. The van der Waals surface area contributed by atoms with Gasteiger partial charge in [0.25, 0.3) is 0 Å². The van der Waals surface area contributed by atoms with Crippen molar-refractivity contribution in [3.8, 4) is 0 Å². The zero-order valence-corrected chi connectivity index (χ0v) is 19.2. The van der Waals surface area contributed by atoms with Gasteiger partial charge in [0.05, 0.1) is 13.2 Å². The van der Waals surface area contributed by atoms with Gasteiger partial charge in [-0.15, -0.1) is 0 Å². The van der Waals surface area contributed by atoms with Crippen LogP contribution in [0.2, 0.25) is 0 Å². The van der Waals surface area contributed by atoms with Gasteiger partial charge in [0.2, 0.25) is 0 Å². The predicted octanol–water partition coefficient (Wildman–Crippen LogP) is 1.57. The van der Waals surface area contributed by atoms with E-state index in [4.69, 9.17) is 9.73 Å². The number of nitrogens with zero attached hydrogens (tertiary/aromatic N) is 5. The maximum absolute atomic E-state index is 5.52. The lowest BCUT2D eigenvalue weighted by atomic mass is 10.2. The molecule has 172 valence electrons. The molecule has 1 atom stereocenters. The second kappa shape index (κ2) is 11.7. The van der Waals surface area contributed by atoms with Crippen LogP contribution in [0, 0.1) is 0 Å². The minimum Gasteiger partial charge on any atom is -0.379 e. The number of hydrogen-bond acceptors (Lipinski definition) is 5. The van der Waals surface area contributed by atoms with E-state index in [-0.39, 0.29) is 0 Å². The first-order chi connectivity index (χ1) is 15.3. The topological polar surface area (TPSA) is 46.6 Å². The summed E-state index contributed by atoms with van der Waals surface area (Å²) in [6, 6.07) is 11.4. The van der Waals surface area contributed by atoms with Gasteiger partial charge in [-0.3, -0.25) is 14.8 Å². The molecule has 0 spiro atoms. The average Bonchev–Trinajstić information content (AvgIpc) is 3.33. The average molecular weight is 429 g/mol. The summed E-state index contributed by atoms with van der Waals surface area (Å²) in [7, 11) is 0. The molecule has 31 heavy (non-hydrogen) atoms. The van der Waals surface area contributed by atoms with Crippen LogP contribution in [0.3, 0.4) is 0 Å². The summed E-state index contributed by atoms with van der Waals surface area (Å²) in [6.07, 6.45) is 2.36. The number of hydrogen-bond donors (Lipinski definition) is 1. The Kier molecular flexibility index (Phi) is 8.44. The number of para-hydroxylation sites is 1. The van der Waals surface area contributed by atoms with Gasteiger partial charge in [-0.25, -0.2) is 0 Å². The zero-order valence-electron chi connectivity index (χ0n) is 19.2. The first kappa shape index (κ1) is 22.4. The number of benzene rings is 1. The summed E-state index contributed by atoms with van der Waals surface area (Å²) in [5.41, 5.74) is 1.35. The van der Waals surface area contributed by atoms with Crippen molar-refractivity contribution in [2.45, 2.75) is 25.8 Å². The molecule has 0 amide bonds. The predicted molar refractivity (Wildman–Crippen MR) is 128 cm³/mol. The third-order valence-electron chi connectivity index (χ3n) is 6.75. The van der Waals surface area contributed by atoms with E-state index in [9.17, 15) is 0 Å². The van der Waals surface area contributed by atoms with Crippen molar-refractivity contribution in [1.82, 2.24) is 20.0 Å². The van der Waals surface area contributed by atoms with Gasteiger partial charge in [0.15, 0.2) is 5.96 Å². The molecule has 4 rings (SSSR count). The van der Waals surface area contributed by atoms with Crippen molar-refractivity contribution in [3.63, 3.8) is 0 Å². The van der Waals surface area contributed by atoms with Crippen molar-refractivity contribution >= 4 is 11.6 Å². The molecule has 0 saturated carbocycles. The fourth-order valence-corrected chi connectivity index (χ4v) is 4.95. The summed E-state index contributed by atoms with van der Waals surface area (Å²) >= 11 is 0. The fourth-order valence-electron chi connectivity index (χ4n) is 4.95. The number of ether oxygens (including phenoxy) is 1. The van der Waals surface area contributed by atoms with E-state index >= 15 is 0 Å². The number of morpholine rings is 1. The monoisotopic (exact) mass is 428 g/mol. The van der Waals surface area contributed by atoms with Gasteiger partial charge in [-0.2, -0.15) is 0 Å². The number of aliphatic imine (C=N–C) groups is 1. The van der Waals surface area contributed by atoms with Gasteiger partial charge in [0, 0.05) is 83.7 Å². The molecule has 0 aliphatic carbocycles. The van der Waals surface area contributed by atoms with Gasteiger partial charge < -0.3 is 19.9 Å². The largest absolute Gasteiger partial charge is 0.379 e. The molecule has 0 aromatic heterocycles. The van der Waals surface area contributed by atoms with E-state index in [1.165, 1.54) is 12.1 Å². The molecule has 3 aliphatic rings. The smallest absolute Gasteiger partial charge is 0.193 e. The quantitative estimate of drug-likeness (QED) is 0.404. The lowest BCUT2D eigenvalue weighted by Crippen LogP contribution is -2.47. The Labute approximate surface area is 188 Å². The Morgan fingerprint density at radius 2 is 1.81 bits per heavy atom. The maximum Gasteiger partial charge on any atom is 0.193 e. The van der Waals surface area contributed by atoms with Gasteiger partial charge in [0.1, 0.15) is 0 Å². The highest BCUT2D eigenvalue weighted by atomic mass is 16.5. The molecule has 3 heterocycles. The van der Waals surface area contributed by atoms with E-state index in [0.717, 1.165) is 97.6 Å². The highest BCUT2D eigenvalue weighted by molar-refractivity contribution is 5.80. The fraction of sp³-hybridized carbons (Fsp3) is 0.708. The Morgan fingerprint density at radius 1 is 1.03 bits per heavy atom. The molecule has 7 heteroatoms. The van der Waals surface area contributed by atoms with Crippen LogP contribution in [0.25, 0.3) is 0 Å². The Balaban J connectivity index is 1.18. The number of guanidine groups is 1. The zero-order chi connectivity index (χ0) is 21.3. The highest BCUT2D eigenvalue weighted by Gasteiger charge is 2.30. The molecule has 1 N–H and O–H groups in total. The first-order valence-corrected chi connectivity index (χ1v) is 12.2. The van der Waals surface area contributed by atoms with Gasteiger partial charge in [-0.1, -0.05) is 18.2 Å². The third-order valence-corrected chi connectivity index (χ3v) is 6.75. The highest BCUT2D eigenvalue weighted by Crippen LogP contribution is 2.18. The molecule has 0 bridgehead atoms. The summed E-state index contributed by atoms with van der Waals surface area (Å²) < 4.78 is 5.52. The van der Waals surface area contributed by atoms with Crippen LogP contribution in [0.5, 0.6) is 0 Å².